The first-order chi connectivity index (χ1) is 7.07. The first-order valence-corrected chi connectivity index (χ1v) is 5.41. The smallest absolute Gasteiger partial charge is 0.151 e. The molecule has 0 radical (unpaired) electrons. The van der Waals surface area contributed by atoms with Crippen LogP contribution < -0.4 is 10.6 Å². The van der Waals surface area contributed by atoms with Gasteiger partial charge in [0, 0.05) is 18.6 Å². The SMILES string of the molecule is Cc1ccc(N2CCC(C)(N)CC2)nn1. The molecule has 0 amide bonds. The molecule has 4 heteroatoms. The largest absolute Gasteiger partial charge is 0.355 e. The van der Waals surface area contributed by atoms with Crippen molar-refractivity contribution < 1.29 is 0 Å². The van der Waals surface area contributed by atoms with E-state index in [0.29, 0.717) is 0 Å². The van der Waals surface area contributed by atoms with E-state index in [9.17, 15) is 0 Å². The number of rotatable bonds is 1. The molecule has 1 aliphatic heterocycles. The molecule has 1 aromatic rings. The maximum absolute atomic E-state index is 6.08. The van der Waals surface area contributed by atoms with Crippen molar-refractivity contribution in [1.82, 2.24) is 10.2 Å². The van der Waals surface area contributed by atoms with Crippen molar-refractivity contribution in [2.45, 2.75) is 32.2 Å². The van der Waals surface area contributed by atoms with E-state index in [0.717, 1.165) is 37.4 Å². The lowest BCUT2D eigenvalue weighted by molar-refractivity contribution is 0.362. The molecule has 1 fully saturated rings. The van der Waals surface area contributed by atoms with Crippen LogP contribution in [0.25, 0.3) is 0 Å². The fraction of sp³-hybridized carbons (Fsp3) is 0.636. The van der Waals surface area contributed by atoms with Crippen molar-refractivity contribution in [2.75, 3.05) is 18.0 Å². The number of piperidine rings is 1. The molecule has 82 valence electrons. The average molecular weight is 206 g/mol. The maximum atomic E-state index is 6.08. The predicted octanol–water partition coefficient (Wildman–Crippen LogP) is 1.10. The van der Waals surface area contributed by atoms with Crippen LogP contribution in [0.5, 0.6) is 0 Å². The van der Waals surface area contributed by atoms with Gasteiger partial charge in [-0.3, -0.25) is 0 Å². The van der Waals surface area contributed by atoms with Crippen LogP contribution in [0.1, 0.15) is 25.5 Å². The Morgan fingerprint density at radius 3 is 2.47 bits per heavy atom. The van der Waals surface area contributed by atoms with Crippen molar-refractivity contribution >= 4 is 5.82 Å². The number of aryl methyl sites for hydroxylation is 1. The topological polar surface area (TPSA) is 55.0 Å². The van der Waals surface area contributed by atoms with Gasteiger partial charge >= 0.3 is 0 Å². The van der Waals surface area contributed by atoms with Crippen molar-refractivity contribution in [3.8, 4) is 0 Å². The molecule has 1 aromatic heterocycles. The van der Waals surface area contributed by atoms with E-state index < -0.39 is 0 Å². The first kappa shape index (κ1) is 10.4. The Hall–Kier alpha value is -1.16. The van der Waals surface area contributed by atoms with E-state index in [1.807, 2.05) is 19.1 Å². The maximum Gasteiger partial charge on any atom is 0.151 e. The summed E-state index contributed by atoms with van der Waals surface area (Å²) in [6, 6.07) is 4.03. The fourth-order valence-electron chi connectivity index (χ4n) is 1.81. The van der Waals surface area contributed by atoms with Gasteiger partial charge in [-0.1, -0.05) is 0 Å². The number of hydrogen-bond acceptors (Lipinski definition) is 4. The van der Waals surface area contributed by atoms with Crippen molar-refractivity contribution in [1.29, 1.82) is 0 Å². The minimum Gasteiger partial charge on any atom is -0.355 e. The molecule has 15 heavy (non-hydrogen) atoms. The van der Waals surface area contributed by atoms with E-state index in [1.54, 1.807) is 0 Å². The summed E-state index contributed by atoms with van der Waals surface area (Å²) in [5, 5.41) is 8.25. The number of anilines is 1. The Labute approximate surface area is 90.5 Å². The van der Waals surface area contributed by atoms with E-state index in [-0.39, 0.29) is 5.54 Å². The lowest BCUT2D eigenvalue weighted by Gasteiger charge is -2.37. The summed E-state index contributed by atoms with van der Waals surface area (Å²) in [5.41, 5.74) is 7.03. The molecular formula is C11H18N4. The van der Waals surface area contributed by atoms with E-state index in [2.05, 4.69) is 22.0 Å². The quantitative estimate of drug-likeness (QED) is 0.747. The van der Waals surface area contributed by atoms with E-state index in [1.165, 1.54) is 0 Å². The molecule has 0 aliphatic carbocycles. The zero-order chi connectivity index (χ0) is 10.9. The number of nitrogens with two attached hydrogens (primary N) is 1. The lowest BCUT2D eigenvalue weighted by Crippen LogP contribution is -2.48. The minimum absolute atomic E-state index is 0.00533. The molecule has 0 aromatic carbocycles. The highest BCUT2D eigenvalue weighted by Gasteiger charge is 2.26. The molecule has 0 unspecified atom stereocenters. The monoisotopic (exact) mass is 206 g/mol. The summed E-state index contributed by atoms with van der Waals surface area (Å²) in [4.78, 5) is 2.25. The second kappa shape index (κ2) is 3.77. The van der Waals surface area contributed by atoms with Gasteiger partial charge in [0.15, 0.2) is 5.82 Å². The lowest BCUT2D eigenvalue weighted by atomic mass is 9.91. The summed E-state index contributed by atoms with van der Waals surface area (Å²) in [6.07, 6.45) is 2.03. The molecule has 1 saturated heterocycles. The summed E-state index contributed by atoms with van der Waals surface area (Å²) >= 11 is 0. The van der Waals surface area contributed by atoms with Crippen molar-refractivity contribution in [2.24, 2.45) is 5.73 Å². The van der Waals surface area contributed by atoms with Crippen molar-refractivity contribution in [3.05, 3.63) is 17.8 Å². The Morgan fingerprint density at radius 1 is 1.27 bits per heavy atom. The minimum atomic E-state index is -0.00533. The molecule has 1 aliphatic rings. The zero-order valence-electron chi connectivity index (χ0n) is 9.40. The normalized spacial score (nSPS) is 20.3. The Bertz CT molecular complexity index is 321. The van der Waals surface area contributed by atoms with Gasteiger partial charge in [0.2, 0.25) is 0 Å². The highest BCUT2D eigenvalue weighted by Crippen LogP contribution is 2.22. The van der Waals surface area contributed by atoms with Gasteiger partial charge in [-0.15, -0.1) is 5.10 Å². The average Bonchev–Trinajstić information content (AvgIpc) is 2.20. The van der Waals surface area contributed by atoms with Gasteiger partial charge in [0.1, 0.15) is 0 Å². The number of hydrogen-bond donors (Lipinski definition) is 1. The molecule has 2 heterocycles. The third-order valence-electron chi connectivity index (χ3n) is 3.01. The molecule has 2 N–H and O–H groups in total. The highest BCUT2D eigenvalue weighted by atomic mass is 15.3. The van der Waals surface area contributed by atoms with Gasteiger partial charge in [-0.2, -0.15) is 5.10 Å². The van der Waals surface area contributed by atoms with Crippen LogP contribution in [0.4, 0.5) is 5.82 Å². The summed E-state index contributed by atoms with van der Waals surface area (Å²) < 4.78 is 0. The standard InChI is InChI=1S/C11H18N4/c1-9-3-4-10(14-13-9)15-7-5-11(2,12)6-8-15/h3-4H,5-8,12H2,1-2H3. The summed E-state index contributed by atoms with van der Waals surface area (Å²) in [7, 11) is 0. The second-order valence-corrected chi connectivity index (χ2v) is 4.67. The van der Waals surface area contributed by atoms with Gasteiger partial charge in [0.25, 0.3) is 0 Å². The van der Waals surface area contributed by atoms with Crippen LogP contribution >= 0.6 is 0 Å². The van der Waals surface area contributed by atoms with Crippen LogP contribution in [-0.4, -0.2) is 28.8 Å². The van der Waals surface area contributed by atoms with Crippen molar-refractivity contribution in [3.63, 3.8) is 0 Å². The molecule has 0 atom stereocenters. The first-order valence-electron chi connectivity index (χ1n) is 5.41. The van der Waals surface area contributed by atoms with Gasteiger partial charge < -0.3 is 10.6 Å². The van der Waals surface area contributed by atoms with Gasteiger partial charge in [-0.25, -0.2) is 0 Å². The van der Waals surface area contributed by atoms with Crippen LogP contribution in [0, 0.1) is 6.92 Å². The second-order valence-electron chi connectivity index (χ2n) is 4.67. The van der Waals surface area contributed by atoms with Crippen LogP contribution in [-0.2, 0) is 0 Å². The van der Waals surface area contributed by atoms with Crippen LogP contribution in [0.3, 0.4) is 0 Å². The Morgan fingerprint density at radius 2 is 1.93 bits per heavy atom. The third kappa shape index (κ3) is 2.45. The Kier molecular flexibility index (Phi) is 2.61. The molecule has 0 saturated carbocycles. The van der Waals surface area contributed by atoms with Gasteiger partial charge in [0.05, 0.1) is 5.69 Å². The Balaban J connectivity index is 2.04. The van der Waals surface area contributed by atoms with Gasteiger partial charge in [-0.05, 0) is 38.8 Å². The highest BCUT2D eigenvalue weighted by molar-refractivity contribution is 5.38. The number of aromatic nitrogens is 2. The fourth-order valence-corrected chi connectivity index (χ4v) is 1.81. The number of nitrogens with zero attached hydrogens (tertiary/aromatic N) is 3. The predicted molar refractivity (Wildman–Crippen MR) is 60.8 cm³/mol. The van der Waals surface area contributed by atoms with Crippen LogP contribution in [0.2, 0.25) is 0 Å². The molecular weight excluding hydrogens is 188 g/mol. The molecule has 0 bridgehead atoms. The van der Waals surface area contributed by atoms with Crippen LogP contribution in [0.15, 0.2) is 12.1 Å². The van der Waals surface area contributed by atoms with E-state index in [4.69, 9.17) is 5.73 Å². The summed E-state index contributed by atoms with van der Waals surface area (Å²) in [5.74, 6) is 0.969. The molecule has 4 nitrogen and oxygen atoms in total. The van der Waals surface area contributed by atoms with E-state index >= 15 is 0 Å². The molecule has 2 rings (SSSR count). The summed E-state index contributed by atoms with van der Waals surface area (Å²) in [6.45, 7) is 6.02. The third-order valence-corrected chi connectivity index (χ3v) is 3.01. The molecule has 0 spiro atoms. The zero-order valence-corrected chi connectivity index (χ0v) is 9.40.